The van der Waals surface area contributed by atoms with Crippen LogP contribution in [0.1, 0.15) is 38.2 Å². The van der Waals surface area contributed by atoms with Crippen LogP contribution < -0.4 is 5.32 Å². The third kappa shape index (κ3) is 4.23. The Morgan fingerprint density at radius 2 is 2.24 bits per heavy atom. The number of amides is 1. The standard InChI is InChI=1S/C13H15FN2O/c1-2-3-4-5-13(17)16-11-6-7-12(14)10(8-11)9-15/h6-8H,2-5H2,1H3,(H,16,17). The quantitative estimate of drug-likeness (QED) is 0.795. The molecule has 0 saturated carbocycles. The molecule has 90 valence electrons. The van der Waals surface area contributed by atoms with Gasteiger partial charge >= 0.3 is 0 Å². The average molecular weight is 234 g/mol. The molecule has 0 aliphatic carbocycles. The van der Waals surface area contributed by atoms with Crippen LogP contribution >= 0.6 is 0 Å². The van der Waals surface area contributed by atoms with Gasteiger partial charge in [-0.25, -0.2) is 4.39 Å². The number of unbranched alkanes of at least 4 members (excludes halogenated alkanes) is 2. The van der Waals surface area contributed by atoms with E-state index in [0.717, 1.165) is 19.3 Å². The van der Waals surface area contributed by atoms with Crippen LogP contribution in [0.5, 0.6) is 0 Å². The molecule has 4 heteroatoms. The summed E-state index contributed by atoms with van der Waals surface area (Å²) >= 11 is 0. The van der Waals surface area contributed by atoms with Crippen LogP contribution in [-0.2, 0) is 4.79 Å². The number of halogens is 1. The van der Waals surface area contributed by atoms with Crippen LogP contribution in [0.3, 0.4) is 0 Å². The summed E-state index contributed by atoms with van der Waals surface area (Å²) < 4.78 is 13.0. The predicted molar refractivity (Wildman–Crippen MR) is 63.9 cm³/mol. The van der Waals surface area contributed by atoms with Gasteiger partial charge in [-0.3, -0.25) is 4.79 Å². The van der Waals surface area contributed by atoms with Crippen LogP contribution in [0.2, 0.25) is 0 Å². The van der Waals surface area contributed by atoms with Crippen molar-refractivity contribution in [3.05, 3.63) is 29.6 Å². The molecule has 0 heterocycles. The molecule has 1 rings (SSSR count). The number of nitriles is 1. The summed E-state index contributed by atoms with van der Waals surface area (Å²) in [5.41, 5.74) is 0.404. The molecule has 1 N–H and O–H groups in total. The van der Waals surface area contributed by atoms with Gasteiger partial charge in [0.05, 0.1) is 5.56 Å². The summed E-state index contributed by atoms with van der Waals surface area (Å²) in [4.78, 5) is 11.5. The zero-order valence-corrected chi connectivity index (χ0v) is 9.79. The van der Waals surface area contributed by atoms with E-state index in [1.165, 1.54) is 18.2 Å². The van der Waals surface area contributed by atoms with Gasteiger partial charge in [-0.1, -0.05) is 19.8 Å². The molecular formula is C13H15FN2O. The number of carbonyl (C=O) groups is 1. The van der Waals surface area contributed by atoms with Crippen molar-refractivity contribution in [2.24, 2.45) is 0 Å². The highest BCUT2D eigenvalue weighted by atomic mass is 19.1. The number of benzene rings is 1. The van der Waals surface area contributed by atoms with Crippen molar-refractivity contribution in [2.45, 2.75) is 32.6 Å². The van der Waals surface area contributed by atoms with Crippen molar-refractivity contribution in [3.63, 3.8) is 0 Å². The molecule has 0 aromatic heterocycles. The molecule has 1 aromatic carbocycles. The van der Waals surface area contributed by atoms with Gasteiger partial charge in [-0.2, -0.15) is 5.26 Å². The zero-order chi connectivity index (χ0) is 12.7. The highest BCUT2D eigenvalue weighted by Gasteiger charge is 2.05. The molecule has 0 radical (unpaired) electrons. The van der Waals surface area contributed by atoms with E-state index < -0.39 is 5.82 Å². The minimum Gasteiger partial charge on any atom is -0.326 e. The first-order chi connectivity index (χ1) is 8.17. The topological polar surface area (TPSA) is 52.9 Å². The molecule has 0 fully saturated rings. The second-order valence-electron chi connectivity index (χ2n) is 3.81. The molecule has 0 unspecified atom stereocenters. The summed E-state index contributed by atoms with van der Waals surface area (Å²) in [6, 6.07) is 5.71. The Labute approximate surface area is 100 Å². The van der Waals surface area contributed by atoms with Crippen LogP contribution in [0.4, 0.5) is 10.1 Å². The van der Waals surface area contributed by atoms with Crippen molar-refractivity contribution >= 4 is 11.6 Å². The second kappa shape index (κ2) is 6.64. The summed E-state index contributed by atoms with van der Waals surface area (Å²) in [7, 11) is 0. The molecule has 0 aliphatic rings. The molecular weight excluding hydrogens is 219 g/mol. The van der Waals surface area contributed by atoms with E-state index in [4.69, 9.17) is 5.26 Å². The normalized spacial score (nSPS) is 9.71. The Morgan fingerprint density at radius 1 is 1.47 bits per heavy atom. The molecule has 3 nitrogen and oxygen atoms in total. The first-order valence-electron chi connectivity index (χ1n) is 5.67. The van der Waals surface area contributed by atoms with Crippen molar-refractivity contribution < 1.29 is 9.18 Å². The van der Waals surface area contributed by atoms with Crippen LogP contribution in [0, 0.1) is 17.1 Å². The van der Waals surface area contributed by atoms with E-state index >= 15 is 0 Å². The number of anilines is 1. The van der Waals surface area contributed by atoms with Crippen LogP contribution in [0.25, 0.3) is 0 Å². The minimum absolute atomic E-state index is 0.0589. The predicted octanol–water partition coefficient (Wildman–Crippen LogP) is 3.22. The van der Waals surface area contributed by atoms with E-state index in [0.29, 0.717) is 12.1 Å². The van der Waals surface area contributed by atoms with E-state index in [9.17, 15) is 9.18 Å². The van der Waals surface area contributed by atoms with Crippen molar-refractivity contribution in [1.29, 1.82) is 5.26 Å². The molecule has 0 bridgehead atoms. The number of carbonyl (C=O) groups excluding carboxylic acids is 1. The summed E-state index contributed by atoms with van der Waals surface area (Å²) in [6.07, 6.45) is 3.37. The number of nitrogens with zero attached hydrogens (tertiary/aromatic N) is 1. The maximum absolute atomic E-state index is 13.0. The molecule has 17 heavy (non-hydrogen) atoms. The van der Waals surface area contributed by atoms with Gasteiger partial charge < -0.3 is 5.32 Å². The molecule has 0 spiro atoms. The van der Waals surface area contributed by atoms with E-state index in [1.54, 1.807) is 6.07 Å². The van der Waals surface area contributed by atoms with Gasteiger partial charge in [0.25, 0.3) is 0 Å². The fraction of sp³-hybridized carbons (Fsp3) is 0.385. The first kappa shape index (κ1) is 13.2. The SMILES string of the molecule is CCCCCC(=O)Nc1ccc(F)c(C#N)c1. The maximum atomic E-state index is 13.0. The fourth-order valence-electron chi connectivity index (χ4n) is 1.45. The van der Waals surface area contributed by atoms with Crippen molar-refractivity contribution in [2.75, 3.05) is 5.32 Å². The van der Waals surface area contributed by atoms with E-state index in [-0.39, 0.29) is 11.5 Å². The lowest BCUT2D eigenvalue weighted by atomic mass is 10.2. The molecule has 1 amide bonds. The van der Waals surface area contributed by atoms with Gasteiger partial charge in [-0.15, -0.1) is 0 Å². The van der Waals surface area contributed by atoms with Gasteiger partial charge in [0.2, 0.25) is 5.91 Å². The van der Waals surface area contributed by atoms with E-state index in [2.05, 4.69) is 12.2 Å². The fourth-order valence-corrected chi connectivity index (χ4v) is 1.45. The van der Waals surface area contributed by atoms with Crippen LogP contribution in [0.15, 0.2) is 18.2 Å². The van der Waals surface area contributed by atoms with Gasteiger partial charge in [0.1, 0.15) is 11.9 Å². The Kier molecular flexibility index (Phi) is 5.15. The van der Waals surface area contributed by atoms with Crippen LogP contribution in [-0.4, -0.2) is 5.91 Å². The Bertz CT molecular complexity index is 438. The lowest BCUT2D eigenvalue weighted by Crippen LogP contribution is -2.11. The highest BCUT2D eigenvalue weighted by molar-refractivity contribution is 5.90. The number of nitrogens with one attached hydrogen (secondary N) is 1. The van der Waals surface area contributed by atoms with Gasteiger partial charge in [0, 0.05) is 12.1 Å². The smallest absolute Gasteiger partial charge is 0.224 e. The van der Waals surface area contributed by atoms with Crippen molar-refractivity contribution in [3.8, 4) is 6.07 Å². The van der Waals surface area contributed by atoms with E-state index in [1.807, 2.05) is 0 Å². The van der Waals surface area contributed by atoms with Gasteiger partial charge in [-0.05, 0) is 24.6 Å². The maximum Gasteiger partial charge on any atom is 0.224 e. The molecule has 0 aliphatic heterocycles. The number of hydrogen-bond acceptors (Lipinski definition) is 2. The lowest BCUT2D eigenvalue weighted by Gasteiger charge is -2.05. The third-order valence-electron chi connectivity index (χ3n) is 2.38. The Balaban J connectivity index is 2.57. The summed E-state index contributed by atoms with van der Waals surface area (Å²) in [6.45, 7) is 2.07. The summed E-state index contributed by atoms with van der Waals surface area (Å²) in [5, 5.41) is 11.3. The molecule has 1 aromatic rings. The minimum atomic E-state index is -0.573. The third-order valence-corrected chi connectivity index (χ3v) is 2.38. The molecule has 0 atom stereocenters. The first-order valence-corrected chi connectivity index (χ1v) is 5.67. The second-order valence-corrected chi connectivity index (χ2v) is 3.81. The monoisotopic (exact) mass is 234 g/mol. The number of rotatable bonds is 5. The van der Waals surface area contributed by atoms with Crippen molar-refractivity contribution in [1.82, 2.24) is 0 Å². The largest absolute Gasteiger partial charge is 0.326 e. The number of hydrogen-bond donors (Lipinski definition) is 1. The highest BCUT2D eigenvalue weighted by Crippen LogP contribution is 2.14. The molecule has 0 saturated heterocycles. The summed E-state index contributed by atoms with van der Waals surface area (Å²) in [5.74, 6) is -0.676. The Hall–Kier alpha value is -1.89. The average Bonchev–Trinajstić information content (AvgIpc) is 2.32. The Morgan fingerprint density at radius 3 is 2.88 bits per heavy atom. The lowest BCUT2D eigenvalue weighted by molar-refractivity contribution is -0.116. The zero-order valence-electron chi connectivity index (χ0n) is 9.79. The van der Waals surface area contributed by atoms with Gasteiger partial charge in [0.15, 0.2) is 0 Å².